The van der Waals surface area contributed by atoms with Gasteiger partial charge in [-0.1, -0.05) is 34.1 Å². The van der Waals surface area contributed by atoms with E-state index in [1.54, 1.807) is 6.92 Å². The fraction of sp³-hybridized carbons (Fsp3) is 0.250. The molecule has 0 unspecified atom stereocenters. The summed E-state index contributed by atoms with van der Waals surface area (Å²) in [6.45, 7) is 2.60. The van der Waals surface area contributed by atoms with Crippen molar-refractivity contribution in [1.82, 2.24) is 0 Å². The molecule has 2 aromatic carbocycles. The van der Waals surface area contributed by atoms with E-state index in [1.807, 2.05) is 18.2 Å². The minimum absolute atomic E-state index is 0.447. The van der Waals surface area contributed by atoms with E-state index in [4.69, 9.17) is 0 Å². The van der Waals surface area contributed by atoms with E-state index in [2.05, 4.69) is 68.1 Å². The third-order valence-corrected chi connectivity index (χ3v) is 4.36. The summed E-state index contributed by atoms with van der Waals surface area (Å²) in [6.07, 6.45) is -0.447. The first-order chi connectivity index (χ1) is 9.47. The van der Waals surface area contributed by atoms with Crippen LogP contribution in [0.4, 0.5) is 5.69 Å². The molecule has 4 heteroatoms. The zero-order valence-electron chi connectivity index (χ0n) is 11.5. The molecule has 106 valence electrons. The van der Waals surface area contributed by atoms with E-state index in [-0.39, 0.29) is 0 Å². The Balaban J connectivity index is 2.16. The van der Waals surface area contributed by atoms with E-state index in [0.717, 1.165) is 26.7 Å². The van der Waals surface area contributed by atoms with Crippen molar-refractivity contribution in [3.8, 4) is 0 Å². The van der Waals surface area contributed by atoms with E-state index in [0.29, 0.717) is 0 Å². The Morgan fingerprint density at radius 3 is 2.30 bits per heavy atom. The fourth-order valence-corrected chi connectivity index (χ4v) is 3.00. The largest absolute Gasteiger partial charge is 0.389 e. The second-order valence-corrected chi connectivity index (χ2v) is 6.64. The van der Waals surface area contributed by atoms with Crippen LogP contribution < -0.4 is 4.90 Å². The van der Waals surface area contributed by atoms with Gasteiger partial charge in [0.1, 0.15) is 0 Å². The summed E-state index contributed by atoms with van der Waals surface area (Å²) in [5, 5.41) is 9.60. The highest BCUT2D eigenvalue weighted by atomic mass is 79.9. The first kappa shape index (κ1) is 15.5. The van der Waals surface area contributed by atoms with E-state index < -0.39 is 6.10 Å². The summed E-state index contributed by atoms with van der Waals surface area (Å²) in [7, 11) is 2.06. The molecule has 0 aliphatic heterocycles. The van der Waals surface area contributed by atoms with E-state index in [9.17, 15) is 5.11 Å². The van der Waals surface area contributed by atoms with Crippen molar-refractivity contribution in [3.63, 3.8) is 0 Å². The Bertz CT molecular complexity index is 582. The molecular formula is C16H17Br2NO. The molecule has 1 N–H and O–H groups in total. The molecule has 20 heavy (non-hydrogen) atoms. The van der Waals surface area contributed by atoms with Gasteiger partial charge in [-0.15, -0.1) is 0 Å². The number of nitrogens with zero attached hydrogens (tertiary/aromatic N) is 1. The zero-order valence-corrected chi connectivity index (χ0v) is 14.6. The number of rotatable bonds is 4. The normalized spacial score (nSPS) is 12.2. The van der Waals surface area contributed by atoms with Crippen molar-refractivity contribution >= 4 is 37.5 Å². The van der Waals surface area contributed by atoms with Gasteiger partial charge in [0.05, 0.1) is 11.8 Å². The van der Waals surface area contributed by atoms with Crippen molar-refractivity contribution < 1.29 is 5.11 Å². The molecule has 0 radical (unpaired) electrons. The van der Waals surface area contributed by atoms with E-state index >= 15 is 0 Å². The predicted octanol–water partition coefficient (Wildman–Crippen LogP) is 4.90. The molecule has 1 atom stereocenters. The third-order valence-electron chi connectivity index (χ3n) is 3.20. The zero-order chi connectivity index (χ0) is 14.7. The summed E-state index contributed by atoms with van der Waals surface area (Å²) >= 11 is 7.03. The Kier molecular flexibility index (Phi) is 5.24. The third kappa shape index (κ3) is 3.84. The lowest BCUT2D eigenvalue weighted by Crippen LogP contribution is -2.16. The Labute approximate surface area is 136 Å². The number of benzene rings is 2. The van der Waals surface area contributed by atoms with Crippen LogP contribution in [-0.4, -0.2) is 12.2 Å². The minimum atomic E-state index is -0.447. The molecule has 2 nitrogen and oxygen atoms in total. The lowest BCUT2D eigenvalue weighted by atomic mass is 10.1. The first-order valence-corrected chi connectivity index (χ1v) is 7.99. The summed E-state index contributed by atoms with van der Waals surface area (Å²) in [4.78, 5) is 2.18. The van der Waals surface area contributed by atoms with Crippen molar-refractivity contribution in [2.24, 2.45) is 0 Å². The van der Waals surface area contributed by atoms with Gasteiger partial charge in [-0.25, -0.2) is 0 Å². The van der Waals surface area contributed by atoms with Gasteiger partial charge in [0.25, 0.3) is 0 Å². The molecule has 0 saturated heterocycles. The van der Waals surface area contributed by atoms with Crippen LogP contribution in [0.5, 0.6) is 0 Å². The summed E-state index contributed by atoms with van der Waals surface area (Å²) in [5.41, 5.74) is 3.28. The predicted molar refractivity (Wildman–Crippen MR) is 91.0 cm³/mol. The number of halogens is 2. The van der Waals surface area contributed by atoms with Gasteiger partial charge in [0.15, 0.2) is 0 Å². The lowest BCUT2D eigenvalue weighted by molar-refractivity contribution is 0.199. The fourth-order valence-electron chi connectivity index (χ4n) is 2.04. The highest BCUT2D eigenvalue weighted by molar-refractivity contribution is 9.10. The minimum Gasteiger partial charge on any atom is -0.389 e. The second kappa shape index (κ2) is 6.74. The number of aliphatic hydroxyl groups excluding tert-OH is 1. The molecule has 0 saturated carbocycles. The molecule has 2 rings (SSSR count). The molecule has 2 aromatic rings. The van der Waals surface area contributed by atoms with Crippen molar-refractivity contribution in [3.05, 3.63) is 62.5 Å². The van der Waals surface area contributed by atoms with Crippen LogP contribution in [0.2, 0.25) is 0 Å². The smallest absolute Gasteiger partial charge is 0.0762 e. The van der Waals surface area contributed by atoms with Gasteiger partial charge in [-0.2, -0.15) is 0 Å². The molecule has 0 heterocycles. The summed E-state index contributed by atoms with van der Waals surface area (Å²) in [6, 6.07) is 14.3. The second-order valence-electron chi connectivity index (χ2n) is 4.87. The van der Waals surface area contributed by atoms with Gasteiger partial charge in [0.2, 0.25) is 0 Å². The Morgan fingerprint density at radius 1 is 1.10 bits per heavy atom. The van der Waals surface area contributed by atoms with Gasteiger partial charge < -0.3 is 10.0 Å². The average Bonchev–Trinajstić information content (AvgIpc) is 2.41. The summed E-state index contributed by atoms with van der Waals surface area (Å²) < 4.78 is 2.09. The van der Waals surface area contributed by atoms with Gasteiger partial charge in [-0.3, -0.25) is 0 Å². The Morgan fingerprint density at radius 2 is 1.75 bits per heavy atom. The number of aliphatic hydroxyl groups is 1. The van der Waals surface area contributed by atoms with Crippen molar-refractivity contribution in [2.75, 3.05) is 11.9 Å². The van der Waals surface area contributed by atoms with Crippen LogP contribution in [0.1, 0.15) is 24.2 Å². The van der Waals surface area contributed by atoms with Crippen LogP contribution >= 0.6 is 31.9 Å². The summed E-state index contributed by atoms with van der Waals surface area (Å²) in [5.74, 6) is 0. The van der Waals surface area contributed by atoms with Crippen LogP contribution in [-0.2, 0) is 6.54 Å². The molecule has 0 spiro atoms. The van der Waals surface area contributed by atoms with Crippen molar-refractivity contribution in [2.45, 2.75) is 19.6 Å². The SMILES string of the molecule is C[C@H](O)c1ccc(N(C)Cc2ccc(Br)cc2)c(Br)c1. The Hall–Kier alpha value is -0.840. The molecule has 0 bridgehead atoms. The monoisotopic (exact) mass is 397 g/mol. The first-order valence-electron chi connectivity index (χ1n) is 6.40. The number of hydrogen-bond donors (Lipinski definition) is 1. The van der Waals surface area contributed by atoms with E-state index in [1.165, 1.54) is 5.56 Å². The number of anilines is 1. The standard InChI is InChI=1S/C16H17Br2NO/c1-11(20)13-5-8-16(15(18)9-13)19(2)10-12-3-6-14(17)7-4-12/h3-9,11,20H,10H2,1-2H3/t11-/m0/s1. The lowest BCUT2D eigenvalue weighted by Gasteiger charge is -2.22. The van der Waals surface area contributed by atoms with Crippen molar-refractivity contribution in [1.29, 1.82) is 0 Å². The molecular weight excluding hydrogens is 382 g/mol. The quantitative estimate of drug-likeness (QED) is 0.791. The average molecular weight is 399 g/mol. The van der Waals surface area contributed by atoms with Crippen LogP contribution in [0, 0.1) is 0 Å². The maximum atomic E-state index is 9.60. The van der Waals surface area contributed by atoms with Gasteiger partial charge in [0, 0.05) is 22.5 Å². The molecule has 0 aromatic heterocycles. The molecule has 0 fully saturated rings. The molecule has 0 amide bonds. The maximum Gasteiger partial charge on any atom is 0.0762 e. The molecule has 0 aliphatic rings. The topological polar surface area (TPSA) is 23.5 Å². The van der Waals surface area contributed by atoms with Gasteiger partial charge >= 0.3 is 0 Å². The van der Waals surface area contributed by atoms with Gasteiger partial charge in [-0.05, 0) is 58.2 Å². The highest BCUT2D eigenvalue weighted by Gasteiger charge is 2.09. The molecule has 0 aliphatic carbocycles. The van der Waals surface area contributed by atoms with Crippen LogP contribution in [0.15, 0.2) is 51.4 Å². The highest BCUT2D eigenvalue weighted by Crippen LogP contribution is 2.29. The van der Waals surface area contributed by atoms with Crippen LogP contribution in [0.3, 0.4) is 0 Å². The van der Waals surface area contributed by atoms with Crippen LogP contribution in [0.25, 0.3) is 0 Å². The number of hydrogen-bond acceptors (Lipinski definition) is 2. The maximum absolute atomic E-state index is 9.60.